The number of hydrogen-bond acceptors (Lipinski definition) is 3. The van der Waals surface area contributed by atoms with Crippen LogP contribution in [0.15, 0.2) is 36.4 Å². The van der Waals surface area contributed by atoms with Crippen LogP contribution in [0.4, 0.5) is 27.1 Å². The highest BCUT2D eigenvalue weighted by Crippen LogP contribution is 2.27. The van der Waals surface area contributed by atoms with Gasteiger partial charge in [0, 0.05) is 5.69 Å². The van der Waals surface area contributed by atoms with E-state index in [0.717, 1.165) is 0 Å². The molecule has 0 atom stereocenters. The van der Waals surface area contributed by atoms with Gasteiger partial charge >= 0.3 is 0 Å². The monoisotopic (exact) mass is 251 g/mol. The lowest BCUT2D eigenvalue weighted by Gasteiger charge is -2.09. The van der Waals surface area contributed by atoms with Crippen LogP contribution in [0.5, 0.6) is 0 Å². The first-order valence-corrected chi connectivity index (χ1v) is 5.32. The number of rotatable bonds is 2. The van der Waals surface area contributed by atoms with Crippen molar-refractivity contribution in [2.45, 2.75) is 0 Å². The first kappa shape index (κ1) is 11.5. The van der Waals surface area contributed by atoms with Crippen LogP contribution in [-0.2, 0) is 0 Å². The van der Waals surface area contributed by atoms with Crippen LogP contribution in [0.3, 0.4) is 0 Å². The Labute approximate surface area is 103 Å². The molecule has 88 valence electrons. The Kier molecular flexibility index (Phi) is 3.06. The molecule has 5 heteroatoms. The van der Waals surface area contributed by atoms with Crippen molar-refractivity contribution in [3.63, 3.8) is 0 Å². The topological polar surface area (TPSA) is 64.1 Å². The Hall–Kier alpha value is -1.94. The summed E-state index contributed by atoms with van der Waals surface area (Å²) in [5, 5.41) is 2.95. The third kappa shape index (κ3) is 2.42. The number of halogens is 2. The number of nitrogen functional groups attached to an aromatic ring is 2. The molecule has 2 aromatic carbocycles. The summed E-state index contributed by atoms with van der Waals surface area (Å²) in [7, 11) is 0. The zero-order valence-electron chi connectivity index (χ0n) is 8.87. The van der Waals surface area contributed by atoms with Crippen molar-refractivity contribution in [3.05, 3.63) is 47.2 Å². The van der Waals surface area contributed by atoms with Crippen LogP contribution in [0, 0.1) is 5.82 Å². The number of benzene rings is 2. The Balaban J connectivity index is 2.31. The van der Waals surface area contributed by atoms with Gasteiger partial charge in [0.2, 0.25) is 0 Å². The summed E-state index contributed by atoms with van der Waals surface area (Å²) in [5.74, 6) is -0.496. The molecule has 5 N–H and O–H groups in total. The molecule has 2 rings (SSSR count). The van der Waals surface area contributed by atoms with E-state index in [4.69, 9.17) is 23.1 Å². The second-order valence-electron chi connectivity index (χ2n) is 3.57. The average molecular weight is 252 g/mol. The van der Waals surface area contributed by atoms with Crippen molar-refractivity contribution >= 4 is 34.4 Å². The molecule has 0 aromatic heterocycles. The van der Waals surface area contributed by atoms with Crippen molar-refractivity contribution < 1.29 is 4.39 Å². The van der Waals surface area contributed by atoms with E-state index in [2.05, 4.69) is 5.32 Å². The molecular weight excluding hydrogens is 241 g/mol. The maximum atomic E-state index is 13.6. The minimum atomic E-state index is -0.496. The zero-order chi connectivity index (χ0) is 12.4. The van der Waals surface area contributed by atoms with Crippen LogP contribution in [0.2, 0.25) is 5.02 Å². The molecule has 0 spiro atoms. The molecule has 0 radical (unpaired) electrons. The standard InChI is InChI=1S/C12H11ClFN3/c13-8-2-1-3-11(12(8)14)17-7-4-5-9(15)10(16)6-7/h1-6,17H,15-16H2. The molecule has 0 aliphatic rings. The van der Waals surface area contributed by atoms with Crippen molar-refractivity contribution in [1.82, 2.24) is 0 Å². The zero-order valence-corrected chi connectivity index (χ0v) is 9.63. The Morgan fingerprint density at radius 3 is 2.53 bits per heavy atom. The van der Waals surface area contributed by atoms with Crippen molar-refractivity contribution in [3.8, 4) is 0 Å². The molecule has 2 aromatic rings. The van der Waals surface area contributed by atoms with Gasteiger partial charge in [0.05, 0.1) is 22.1 Å². The van der Waals surface area contributed by atoms with Gasteiger partial charge in [-0.25, -0.2) is 4.39 Å². The molecule has 0 amide bonds. The maximum absolute atomic E-state index is 13.6. The summed E-state index contributed by atoms with van der Waals surface area (Å²) >= 11 is 5.68. The normalized spacial score (nSPS) is 10.2. The third-order valence-electron chi connectivity index (χ3n) is 2.32. The third-order valence-corrected chi connectivity index (χ3v) is 2.61. The lowest BCUT2D eigenvalue weighted by atomic mass is 10.2. The largest absolute Gasteiger partial charge is 0.397 e. The van der Waals surface area contributed by atoms with Crippen molar-refractivity contribution in [2.24, 2.45) is 0 Å². The van der Waals surface area contributed by atoms with Crippen LogP contribution in [0.25, 0.3) is 0 Å². The fourth-order valence-electron chi connectivity index (χ4n) is 1.41. The van der Waals surface area contributed by atoms with Gasteiger partial charge in [-0.05, 0) is 30.3 Å². The van der Waals surface area contributed by atoms with E-state index in [1.807, 2.05) is 0 Å². The van der Waals surface area contributed by atoms with Gasteiger partial charge in [0.15, 0.2) is 5.82 Å². The summed E-state index contributed by atoms with van der Waals surface area (Å²) in [6.07, 6.45) is 0. The van der Waals surface area contributed by atoms with Crippen molar-refractivity contribution in [1.29, 1.82) is 0 Å². The quantitative estimate of drug-likeness (QED) is 0.717. The molecule has 0 bridgehead atoms. The molecule has 17 heavy (non-hydrogen) atoms. The molecule has 0 aliphatic heterocycles. The van der Waals surface area contributed by atoms with Gasteiger partial charge in [-0.15, -0.1) is 0 Å². The minimum Gasteiger partial charge on any atom is -0.397 e. The highest BCUT2D eigenvalue weighted by molar-refractivity contribution is 6.31. The predicted octanol–water partition coefficient (Wildman–Crippen LogP) is 3.39. The summed E-state index contributed by atoms with van der Waals surface area (Å²) in [6, 6.07) is 9.74. The van der Waals surface area contributed by atoms with Crippen LogP contribution >= 0.6 is 11.6 Å². The van der Waals surface area contributed by atoms with E-state index < -0.39 is 5.82 Å². The molecule has 0 saturated heterocycles. The van der Waals surface area contributed by atoms with Crippen LogP contribution in [0.1, 0.15) is 0 Å². The van der Waals surface area contributed by atoms with Crippen LogP contribution in [-0.4, -0.2) is 0 Å². The SMILES string of the molecule is Nc1ccc(Nc2cccc(Cl)c2F)cc1N. The second kappa shape index (κ2) is 4.51. The van der Waals surface area contributed by atoms with E-state index >= 15 is 0 Å². The number of nitrogens with two attached hydrogens (primary N) is 2. The van der Waals surface area contributed by atoms with Gasteiger partial charge in [-0.2, -0.15) is 0 Å². The first-order valence-electron chi connectivity index (χ1n) is 4.94. The van der Waals surface area contributed by atoms with Gasteiger partial charge < -0.3 is 16.8 Å². The van der Waals surface area contributed by atoms with Gasteiger partial charge in [0.1, 0.15) is 0 Å². The number of nitrogens with one attached hydrogen (secondary N) is 1. The fraction of sp³-hybridized carbons (Fsp3) is 0. The summed E-state index contributed by atoms with van der Waals surface area (Å²) < 4.78 is 13.6. The van der Waals surface area contributed by atoms with Gasteiger partial charge in [0.25, 0.3) is 0 Å². The number of anilines is 4. The smallest absolute Gasteiger partial charge is 0.165 e. The molecular formula is C12H11ClFN3. The molecule has 0 fully saturated rings. The van der Waals surface area contributed by atoms with E-state index in [1.54, 1.807) is 30.3 Å². The van der Waals surface area contributed by atoms with Gasteiger partial charge in [-0.3, -0.25) is 0 Å². The summed E-state index contributed by atoms with van der Waals surface area (Å²) in [4.78, 5) is 0. The average Bonchev–Trinajstić information content (AvgIpc) is 2.30. The highest BCUT2D eigenvalue weighted by atomic mass is 35.5. The van der Waals surface area contributed by atoms with Gasteiger partial charge in [-0.1, -0.05) is 17.7 Å². The van der Waals surface area contributed by atoms with Crippen molar-refractivity contribution in [2.75, 3.05) is 16.8 Å². The lowest BCUT2D eigenvalue weighted by Crippen LogP contribution is -1.98. The number of hydrogen-bond donors (Lipinski definition) is 3. The molecule has 3 nitrogen and oxygen atoms in total. The highest BCUT2D eigenvalue weighted by Gasteiger charge is 2.06. The molecule has 0 unspecified atom stereocenters. The maximum Gasteiger partial charge on any atom is 0.165 e. The molecule has 0 heterocycles. The summed E-state index contributed by atoms with van der Waals surface area (Å²) in [5.41, 5.74) is 13.1. The Bertz CT molecular complexity index is 557. The first-order chi connectivity index (χ1) is 8.08. The van der Waals surface area contributed by atoms with E-state index in [1.165, 1.54) is 6.07 Å². The van der Waals surface area contributed by atoms with E-state index in [0.29, 0.717) is 22.7 Å². The molecule has 0 saturated carbocycles. The van der Waals surface area contributed by atoms with E-state index in [-0.39, 0.29) is 5.02 Å². The second-order valence-corrected chi connectivity index (χ2v) is 3.98. The predicted molar refractivity (Wildman–Crippen MR) is 70.0 cm³/mol. The minimum absolute atomic E-state index is 0.0680. The van der Waals surface area contributed by atoms with E-state index in [9.17, 15) is 4.39 Å². The fourth-order valence-corrected chi connectivity index (χ4v) is 1.58. The van der Waals surface area contributed by atoms with Crippen LogP contribution < -0.4 is 16.8 Å². The summed E-state index contributed by atoms with van der Waals surface area (Å²) in [6.45, 7) is 0. The lowest BCUT2D eigenvalue weighted by molar-refractivity contribution is 0.632. The molecule has 0 aliphatic carbocycles. The Morgan fingerprint density at radius 2 is 1.82 bits per heavy atom. The Morgan fingerprint density at radius 1 is 1.06 bits per heavy atom.